The molecule has 0 spiro atoms. The number of morpholine rings is 1. The largest absolute Gasteiger partial charge is 0.496 e. The van der Waals surface area contributed by atoms with E-state index >= 15 is 0 Å². The minimum Gasteiger partial charge on any atom is -0.496 e. The van der Waals surface area contributed by atoms with Crippen LogP contribution in [0.5, 0.6) is 5.75 Å². The van der Waals surface area contributed by atoms with Gasteiger partial charge in [-0.1, -0.05) is 12.1 Å². The monoisotopic (exact) mass is 360 g/mol. The van der Waals surface area contributed by atoms with Gasteiger partial charge < -0.3 is 19.3 Å². The molecule has 3 rings (SSSR count). The van der Waals surface area contributed by atoms with E-state index < -0.39 is 0 Å². The third-order valence-electron chi connectivity index (χ3n) is 5.20. The Hall–Kier alpha value is -2.08. The molecule has 6 heteroatoms. The number of likely N-dealkylation sites (tertiary alicyclic amines) is 1. The summed E-state index contributed by atoms with van der Waals surface area (Å²) in [5, 5.41) is 0. The van der Waals surface area contributed by atoms with Crippen LogP contribution in [0.3, 0.4) is 0 Å². The lowest BCUT2D eigenvalue weighted by Crippen LogP contribution is -2.51. The summed E-state index contributed by atoms with van der Waals surface area (Å²) in [7, 11) is 1.57. The second-order valence-electron chi connectivity index (χ2n) is 7.27. The molecule has 142 valence electrons. The van der Waals surface area contributed by atoms with Gasteiger partial charge in [0.15, 0.2) is 0 Å². The predicted molar refractivity (Wildman–Crippen MR) is 98.2 cm³/mol. The molecule has 0 aromatic heterocycles. The number of methoxy groups -OCH3 is 1. The van der Waals surface area contributed by atoms with Crippen LogP contribution in [-0.2, 0) is 9.53 Å². The first-order valence-corrected chi connectivity index (χ1v) is 9.36. The average molecular weight is 360 g/mol. The minimum atomic E-state index is -0.0260. The smallest absolute Gasteiger partial charge is 0.257 e. The van der Waals surface area contributed by atoms with Gasteiger partial charge >= 0.3 is 0 Å². The molecule has 2 heterocycles. The van der Waals surface area contributed by atoms with Crippen molar-refractivity contribution in [2.24, 2.45) is 5.92 Å². The maximum Gasteiger partial charge on any atom is 0.257 e. The van der Waals surface area contributed by atoms with Crippen LogP contribution in [0.4, 0.5) is 0 Å². The number of ether oxygens (including phenoxy) is 2. The van der Waals surface area contributed by atoms with Gasteiger partial charge in [-0.15, -0.1) is 0 Å². The van der Waals surface area contributed by atoms with Crippen molar-refractivity contribution in [1.82, 2.24) is 9.80 Å². The van der Waals surface area contributed by atoms with Crippen LogP contribution >= 0.6 is 0 Å². The number of carbonyl (C=O) groups is 2. The zero-order chi connectivity index (χ0) is 18.7. The molecule has 2 aliphatic rings. The fourth-order valence-electron chi connectivity index (χ4n) is 3.94. The van der Waals surface area contributed by atoms with Crippen molar-refractivity contribution in [2.45, 2.75) is 38.9 Å². The Labute approximate surface area is 155 Å². The topological polar surface area (TPSA) is 59.1 Å². The number of amides is 2. The highest BCUT2D eigenvalue weighted by Crippen LogP contribution is 2.25. The summed E-state index contributed by atoms with van der Waals surface area (Å²) < 4.78 is 11.0. The van der Waals surface area contributed by atoms with Gasteiger partial charge in [-0.25, -0.2) is 0 Å². The van der Waals surface area contributed by atoms with E-state index in [1.54, 1.807) is 19.2 Å². The molecule has 2 saturated heterocycles. The van der Waals surface area contributed by atoms with Crippen molar-refractivity contribution >= 4 is 11.8 Å². The summed E-state index contributed by atoms with van der Waals surface area (Å²) in [6.45, 7) is 6.52. The normalized spacial score (nSPS) is 24.4. The van der Waals surface area contributed by atoms with Crippen molar-refractivity contribution in [3.63, 3.8) is 0 Å². The van der Waals surface area contributed by atoms with Crippen molar-refractivity contribution in [2.75, 3.05) is 33.3 Å². The van der Waals surface area contributed by atoms with Gasteiger partial charge in [0.25, 0.3) is 5.91 Å². The quantitative estimate of drug-likeness (QED) is 0.829. The van der Waals surface area contributed by atoms with Crippen molar-refractivity contribution in [1.29, 1.82) is 0 Å². The number of benzene rings is 1. The lowest BCUT2D eigenvalue weighted by Gasteiger charge is -2.39. The average Bonchev–Trinajstić information content (AvgIpc) is 2.66. The summed E-state index contributed by atoms with van der Waals surface area (Å²) >= 11 is 0. The Morgan fingerprint density at radius 3 is 2.27 bits per heavy atom. The number of hydrogen-bond acceptors (Lipinski definition) is 4. The van der Waals surface area contributed by atoms with Gasteiger partial charge in [0.05, 0.1) is 24.9 Å². The molecule has 2 aliphatic heterocycles. The van der Waals surface area contributed by atoms with Gasteiger partial charge in [0.2, 0.25) is 5.91 Å². The first-order valence-electron chi connectivity index (χ1n) is 9.36. The van der Waals surface area contributed by atoms with Gasteiger partial charge in [-0.3, -0.25) is 9.59 Å². The first kappa shape index (κ1) is 18.7. The summed E-state index contributed by atoms with van der Waals surface area (Å²) in [5.41, 5.74) is 0.579. The zero-order valence-corrected chi connectivity index (χ0v) is 15.8. The van der Waals surface area contributed by atoms with E-state index in [9.17, 15) is 9.59 Å². The number of carbonyl (C=O) groups excluding carboxylic acids is 2. The molecule has 0 bridgehead atoms. The molecule has 0 radical (unpaired) electrons. The maximum atomic E-state index is 12.8. The molecule has 0 N–H and O–H groups in total. The zero-order valence-electron chi connectivity index (χ0n) is 15.8. The molecular formula is C20H28N2O4. The molecule has 2 amide bonds. The van der Waals surface area contributed by atoms with E-state index in [2.05, 4.69) is 0 Å². The van der Waals surface area contributed by atoms with E-state index in [0.717, 1.165) is 0 Å². The molecule has 2 unspecified atom stereocenters. The van der Waals surface area contributed by atoms with Crippen molar-refractivity contribution < 1.29 is 19.1 Å². The Bertz CT molecular complexity index is 645. The standard InChI is InChI=1S/C20H28N2O4/c1-14-12-22(13-15(2)26-14)19(23)16-8-10-21(11-9-16)20(24)17-6-4-5-7-18(17)25-3/h4-7,14-16H,8-13H2,1-3H3. The van der Waals surface area contributed by atoms with Crippen LogP contribution in [0.1, 0.15) is 37.0 Å². The molecule has 1 aromatic carbocycles. The summed E-state index contributed by atoms with van der Waals surface area (Å²) in [6, 6.07) is 7.27. The number of piperidine rings is 1. The number of nitrogens with zero attached hydrogens (tertiary/aromatic N) is 2. The number of rotatable bonds is 3. The van der Waals surface area contributed by atoms with E-state index in [0.29, 0.717) is 50.3 Å². The van der Waals surface area contributed by atoms with Gasteiger partial charge in [0, 0.05) is 32.1 Å². The Morgan fingerprint density at radius 1 is 1.04 bits per heavy atom. The van der Waals surface area contributed by atoms with E-state index in [1.807, 2.05) is 35.8 Å². The van der Waals surface area contributed by atoms with Gasteiger partial charge in [-0.2, -0.15) is 0 Å². The fraction of sp³-hybridized carbons (Fsp3) is 0.600. The fourth-order valence-corrected chi connectivity index (χ4v) is 3.94. The molecule has 26 heavy (non-hydrogen) atoms. The van der Waals surface area contributed by atoms with Gasteiger partial charge in [0.1, 0.15) is 5.75 Å². The van der Waals surface area contributed by atoms with Crippen LogP contribution < -0.4 is 4.74 Å². The molecule has 2 atom stereocenters. The summed E-state index contributed by atoms with van der Waals surface area (Å²) in [6.07, 6.45) is 1.57. The van der Waals surface area contributed by atoms with Crippen molar-refractivity contribution in [3.8, 4) is 5.75 Å². The van der Waals surface area contributed by atoms with Crippen LogP contribution in [0, 0.1) is 5.92 Å². The second-order valence-corrected chi connectivity index (χ2v) is 7.27. The molecule has 6 nitrogen and oxygen atoms in total. The predicted octanol–water partition coefficient (Wildman–Crippen LogP) is 2.18. The van der Waals surface area contributed by atoms with Crippen LogP contribution in [0.25, 0.3) is 0 Å². The maximum absolute atomic E-state index is 12.8. The highest BCUT2D eigenvalue weighted by atomic mass is 16.5. The SMILES string of the molecule is COc1ccccc1C(=O)N1CCC(C(=O)N2CC(C)OC(C)C2)CC1. The van der Waals surface area contributed by atoms with Crippen molar-refractivity contribution in [3.05, 3.63) is 29.8 Å². The lowest BCUT2D eigenvalue weighted by molar-refractivity contribution is -0.148. The first-order chi connectivity index (χ1) is 12.5. The Morgan fingerprint density at radius 2 is 1.65 bits per heavy atom. The highest BCUT2D eigenvalue weighted by molar-refractivity contribution is 5.97. The summed E-state index contributed by atoms with van der Waals surface area (Å²) in [5.74, 6) is 0.763. The molecule has 0 aliphatic carbocycles. The Kier molecular flexibility index (Phi) is 5.81. The Balaban J connectivity index is 1.58. The molecule has 2 fully saturated rings. The number of para-hydroxylation sites is 1. The van der Waals surface area contributed by atoms with E-state index in [4.69, 9.17) is 9.47 Å². The van der Waals surface area contributed by atoms with E-state index in [1.165, 1.54) is 0 Å². The molecule has 1 aromatic rings. The van der Waals surface area contributed by atoms with Gasteiger partial charge in [-0.05, 0) is 38.8 Å². The number of hydrogen-bond donors (Lipinski definition) is 0. The third kappa shape index (κ3) is 4.01. The second kappa shape index (κ2) is 8.08. The minimum absolute atomic E-state index is 0.00535. The highest BCUT2D eigenvalue weighted by Gasteiger charge is 2.34. The molecule has 0 saturated carbocycles. The van der Waals surface area contributed by atoms with Crippen LogP contribution in [-0.4, -0.2) is 67.1 Å². The van der Waals surface area contributed by atoms with Crippen LogP contribution in [0.15, 0.2) is 24.3 Å². The lowest BCUT2D eigenvalue weighted by atomic mass is 9.94. The summed E-state index contributed by atoms with van der Waals surface area (Å²) in [4.78, 5) is 29.4. The molecular weight excluding hydrogens is 332 g/mol. The van der Waals surface area contributed by atoms with Crippen LogP contribution in [0.2, 0.25) is 0 Å². The third-order valence-corrected chi connectivity index (χ3v) is 5.20. The van der Waals surface area contributed by atoms with E-state index in [-0.39, 0.29) is 29.9 Å².